The highest BCUT2D eigenvalue weighted by Crippen LogP contribution is 2.47. The molecule has 3 fully saturated rings. The van der Waals surface area contributed by atoms with Gasteiger partial charge in [-0.05, 0) is 18.4 Å². The van der Waals surface area contributed by atoms with Gasteiger partial charge in [-0.1, -0.05) is 49.6 Å². The third-order valence-electron chi connectivity index (χ3n) is 7.25. The summed E-state index contributed by atoms with van der Waals surface area (Å²) in [5.74, 6) is -0.773. The number of carboxylic acids is 1. The molecule has 0 bridgehead atoms. The zero-order chi connectivity index (χ0) is 19.8. The Morgan fingerprint density at radius 1 is 1.04 bits per heavy atom. The number of aliphatic hydroxyl groups excluding tert-OH is 1. The molecule has 6 heteroatoms. The summed E-state index contributed by atoms with van der Waals surface area (Å²) in [7, 11) is 0. The van der Waals surface area contributed by atoms with Gasteiger partial charge in [0.25, 0.3) is 0 Å². The van der Waals surface area contributed by atoms with Gasteiger partial charge < -0.3 is 15.1 Å². The van der Waals surface area contributed by atoms with E-state index in [-0.39, 0.29) is 25.0 Å². The average molecular weight is 386 g/mol. The molecule has 2 heterocycles. The number of benzene rings is 1. The van der Waals surface area contributed by atoms with Crippen LogP contribution in [-0.4, -0.2) is 71.2 Å². The number of fused-ring (bicyclic) bond motifs is 1. The van der Waals surface area contributed by atoms with E-state index in [0.29, 0.717) is 26.2 Å². The summed E-state index contributed by atoms with van der Waals surface area (Å²) in [6.07, 6.45) is 4.90. The first kappa shape index (κ1) is 19.4. The van der Waals surface area contributed by atoms with Crippen molar-refractivity contribution >= 4 is 11.9 Å². The summed E-state index contributed by atoms with van der Waals surface area (Å²) in [5.41, 5.74) is -0.344. The normalized spacial score (nSPS) is 29.6. The molecule has 152 valence electrons. The molecule has 2 saturated heterocycles. The predicted molar refractivity (Wildman–Crippen MR) is 105 cm³/mol. The van der Waals surface area contributed by atoms with E-state index in [1.807, 2.05) is 28.0 Å². The highest BCUT2D eigenvalue weighted by Gasteiger charge is 2.60. The number of amides is 1. The van der Waals surface area contributed by atoms with Crippen molar-refractivity contribution in [2.75, 3.05) is 39.3 Å². The second-order valence-electron chi connectivity index (χ2n) is 8.81. The van der Waals surface area contributed by atoms with Gasteiger partial charge in [0.15, 0.2) is 0 Å². The molecule has 0 aromatic heterocycles. The molecule has 2 N–H and O–H groups in total. The quantitative estimate of drug-likeness (QED) is 0.805. The summed E-state index contributed by atoms with van der Waals surface area (Å²) in [5, 5.41) is 19.3. The lowest BCUT2D eigenvalue weighted by Gasteiger charge is -2.40. The lowest BCUT2D eigenvalue weighted by molar-refractivity contribution is -0.149. The van der Waals surface area contributed by atoms with E-state index in [9.17, 15) is 19.8 Å². The minimum Gasteiger partial charge on any atom is -0.481 e. The van der Waals surface area contributed by atoms with Crippen LogP contribution < -0.4 is 0 Å². The summed E-state index contributed by atoms with van der Waals surface area (Å²) in [6.45, 7) is 2.35. The van der Waals surface area contributed by atoms with E-state index in [1.54, 1.807) is 0 Å². The Labute approximate surface area is 166 Å². The molecule has 3 aliphatic rings. The van der Waals surface area contributed by atoms with Gasteiger partial charge in [0.2, 0.25) is 5.91 Å². The second kappa shape index (κ2) is 7.48. The summed E-state index contributed by atoms with van der Waals surface area (Å²) in [4.78, 5) is 29.9. The molecule has 1 amide bonds. The number of nitrogens with zero attached hydrogens (tertiary/aromatic N) is 2. The number of likely N-dealkylation sites (tertiary alicyclic amines) is 2. The Bertz CT molecular complexity index is 731. The molecule has 0 spiro atoms. The van der Waals surface area contributed by atoms with Crippen LogP contribution in [0.15, 0.2) is 30.3 Å². The molecule has 1 aliphatic carbocycles. The fraction of sp³-hybridized carbons (Fsp3) is 0.636. The van der Waals surface area contributed by atoms with Crippen LogP contribution in [0, 0.1) is 11.3 Å². The maximum absolute atomic E-state index is 13.8. The van der Waals surface area contributed by atoms with Crippen molar-refractivity contribution in [2.24, 2.45) is 11.3 Å². The van der Waals surface area contributed by atoms with Crippen LogP contribution >= 0.6 is 0 Å². The fourth-order valence-electron chi connectivity index (χ4n) is 5.78. The van der Waals surface area contributed by atoms with Gasteiger partial charge in [-0.2, -0.15) is 0 Å². The predicted octanol–water partition coefficient (Wildman–Crippen LogP) is 1.73. The Balaban J connectivity index is 1.61. The van der Waals surface area contributed by atoms with Crippen LogP contribution in [0.1, 0.15) is 37.7 Å². The number of carboxylic acid groups (broad SMARTS) is 1. The van der Waals surface area contributed by atoms with Crippen LogP contribution in [0.4, 0.5) is 0 Å². The Morgan fingerprint density at radius 3 is 2.36 bits per heavy atom. The zero-order valence-corrected chi connectivity index (χ0v) is 16.3. The highest BCUT2D eigenvalue weighted by atomic mass is 16.4. The molecular formula is C22H30N2O4. The van der Waals surface area contributed by atoms with Crippen molar-refractivity contribution in [2.45, 2.75) is 37.5 Å². The van der Waals surface area contributed by atoms with Gasteiger partial charge in [-0.15, -0.1) is 0 Å². The van der Waals surface area contributed by atoms with E-state index < -0.39 is 16.8 Å². The number of carbonyl (C=O) groups is 2. The number of carbonyl (C=O) groups excluding carboxylic acids is 1. The molecule has 1 saturated carbocycles. The lowest BCUT2D eigenvalue weighted by Crippen LogP contribution is -2.49. The summed E-state index contributed by atoms with van der Waals surface area (Å²) < 4.78 is 0. The first-order valence-corrected chi connectivity index (χ1v) is 10.4. The molecule has 1 aromatic rings. The molecule has 2 aliphatic heterocycles. The van der Waals surface area contributed by atoms with Gasteiger partial charge in [0.05, 0.1) is 12.0 Å². The maximum atomic E-state index is 13.8. The summed E-state index contributed by atoms with van der Waals surface area (Å²) in [6, 6.07) is 10.1. The topological polar surface area (TPSA) is 81.1 Å². The molecule has 4 rings (SSSR count). The van der Waals surface area contributed by atoms with Crippen LogP contribution in [0.5, 0.6) is 0 Å². The molecule has 6 nitrogen and oxygen atoms in total. The van der Waals surface area contributed by atoms with E-state index in [4.69, 9.17) is 0 Å². The van der Waals surface area contributed by atoms with E-state index in [1.165, 1.54) is 0 Å². The number of β-amino-alcohol motifs (C(OH)–C–C–N with tert-alkyl or cyclic N) is 1. The third-order valence-corrected chi connectivity index (χ3v) is 7.25. The number of hydrogen-bond acceptors (Lipinski definition) is 4. The fourth-order valence-corrected chi connectivity index (χ4v) is 5.78. The number of aliphatic hydroxyl groups is 1. The van der Waals surface area contributed by atoms with Crippen molar-refractivity contribution in [3.05, 3.63) is 35.9 Å². The van der Waals surface area contributed by atoms with Crippen LogP contribution in [-0.2, 0) is 15.0 Å². The number of rotatable bonds is 5. The highest BCUT2D eigenvalue weighted by molar-refractivity contribution is 5.90. The number of hydrogen-bond donors (Lipinski definition) is 2. The van der Waals surface area contributed by atoms with Crippen LogP contribution in [0.2, 0.25) is 0 Å². The van der Waals surface area contributed by atoms with E-state index in [0.717, 1.165) is 37.7 Å². The van der Waals surface area contributed by atoms with Gasteiger partial charge >= 0.3 is 5.97 Å². The van der Waals surface area contributed by atoms with Gasteiger partial charge in [-0.25, -0.2) is 0 Å². The third kappa shape index (κ3) is 3.03. The Morgan fingerprint density at radius 2 is 1.75 bits per heavy atom. The second-order valence-corrected chi connectivity index (χ2v) is 8.81. The minimum absolute atomic E-state index is 0.0299. The smallest absolute Gasteiger partial charge is 0.313 e. The van der Waals surface area contributed by atoms with E-state index in [2.05, 4.69) is 12.1 Å². The molecule has 0 radical (unpaired) electrons. The van der Waals surface area contributed by atoms with Crippen molar-refractivity contribution < 1.29 is 19.8 Å². The van der Waals surface area contributed by atoms with Gasteiger partial charge in [0, 0.05) is 38.6 Å². The monoisotopic (exact) mass is 386 g/mol. The van der Waals surface area contributed by atoms with Crippen LogP contribution in [0.3, 0.4) is 0 Å². The molecule has 28 heavy (non-hydrogen) atoms. The first-order chi connectivity index (χ1) is 13.5. The van der Waals surface area contributed by atoms with Crippen molar-refractivity contribution in [1.29, 1.82) is 0 Å². The molecule has 0 unspecified atom stereocenters. The largest absolute Gasteiger partial charge is 0.481 e. The molecule has 2 atom stereocenters. The van der Waals surface area contributed by atoms with E-state index >= 15 is 0 Å². The van der Waals surface area contributed by atoms with Gasteiger partial charge in [0.1, 0.15) is 5.41 Å². The SMILES string of the molecule is O=C(N1C[C@H]2CN(CCO)C[C@@]2(C(=O)O)C1)C1(c2ccccc2)CCCCC1. The van der Waals surface area contributed by atoms with Crippen molar-refractivity contribution in [1.82, 2.24) is 9.80 Å². The zero-order valence-electron chi connectivity index (χ0n) is 16.3. The van der Waals surface area contributed by atoms with Crippen molar-refractivity contribution in [3.8, 4) is 0 Å². The maximum Gasteiger partial charge on any atom is 0.313 e. The first-order valence-electron chi connectivity index (χ1n) is 10.4. The van der Waals surface area contributed by atoms with Crippen LogP contribution in [0.25, 0.3) is 0 Å². The number of aliphatic carboxylic acids is 1. The average Bonchev–Trinajstić information content (AvgIpc) is 3.24. The molecular weight excluding hydrogens is 356 g/mol. The minimum atomic E-state index is -0.905. The Hall–Kier alpha value is -1.92. The summed E-state index contributed by atoms with van der Waals surface area (Å²) >= 11 is 0. The van der Waals surface area contributed by atoms with Crippen molar-refractivity contribution in [3.63, 3.8) is 0 Å². The Kier molecular flexibility index (Phi) is 5.19. The van der Waals surface area contributed by atoms with Gasteiger partial charge in [-0.3, -0.25) is 14.5 Å². The standard InChI is InChI=1S/C22H30N2O4/c25-12-11-23-13-18-14-24(16-22(18,15-23)20(27)28)19(26)21(9-5-2-6-10-21)17-7-3-1-4-8-17/h1,3-4,7-8,18,25H,2,5-6,9-16H2,(H,27,28)/t18-,22-/m1/s1. The lowest BCUT2D eigenvalue weighted by atomic mass is 9.68. The molecule has 1 aromatic carbocycles.